The van der Waals surface area contributed by atoms with Gasteiger partial charge in [-0.25, -0.2) is 9.82 Å². The highest BCUT2D eigenvalue weighted by Gasteiger charge is 2.25. The van der Waals surface area contributed by atoms with Crippen molar-refractivity contribution in [3.05, 3.63) is 65.0 Å². The maximum atomic E-state index is 13.8. The Balaban J connectivity index is 2.05. The molecule has 6 nitrogen and oxygen atoms in total. The van der Waals surface area contributed by atoms with Crippen LogP contribution in [0, 0.1) is 18.7 Å². The number of nitrogens with zero attached hydrogens (tertiary/aromatic N) is 1. The van der Waals surface area contributed by atoms with Crippen LogP contribution in [-0.4, -0.2) is 31.2 Å². The summed E-state index contributed by atoms with van der Waals surface area (Å²) < 4.78 is 19.0. The maximum absolute atomic E-state index is 13.8. The highest BCUT2D eigenvalue weighted by Crippen LogP contribution is 2.17. The minimum absolute atomic E-state index is 0.115. The Hall–Kier alpha value is -3.22. The first-order valence-electron chi connectivity index (χ1n) is 8.86. The van der Waals surface area contributed by atoms with Gasteiger partial charge in [-0.2, -0.15) is 5.10 Å². The number of nitrogens with one attached hydrogen (secondary N) is 2. The van der Waals surface area contributed by atoms with Crippen LogP contribution >= 0.6 is 0 Å². The molecule has 2 rings (SSSR count). The van der Waals surface area contributed by atoms with Gasteiger partial charge in [-0.05, 0) is 42.2 Å². The number of aryl methyl sites for hydroxylation is 1. The molecular formula is C21H24FN3O3. The van der Waals surface area contributed by atoms with Gasteiger partial charge < -0.3 is 10.1 Å². The lowest BCUT2D eigenvalue weighted by Gasteiger charge is -2.20. The number of halogens is 1. The third-order valence-corrected chi connectivity index (χ3v) is 4.17. The van der Waals surface area contributed by atoms with Gasteiger partial charge in [-0.15, -0.1) is 0 Å². The number of ether oxygens (including phenoxy) is 1. The van der Waals surface area contributed by atoms with Crippen molar-refractivity contribution in [2.24, 2.45) is 11.0 Å². The average Bonchev–Trinajstić information content (AvgIpc) is 2.67. The van der Waals surface area contributed by atoms with Crippen molar-refractivity contribution < 1.29 is 18.7 Å². The van der Waals surface area contributed by atoms with Crippen LogP contribution < -0.4 is 15.5 Å². The van der Waals surface area contributed by atoms with Crippen LogP contribution in [0.5, 0.6) is 5.75 Å². The predicted octanol–water partition coefficient (Wildman–Crippen LogP) is 3.05. The Bertz CT molecular complexity index is 881. The van der Waals surface area contributed by atoms with Crippen LogP contribution in [0.4, 0.5) is 4.39 Å². The van der Waals surface area contributed by atoms with Gasteiger partial charge in [0.2, 0.25) is 0 Å². The summed E-state index contributed by atoms with van der Waals surface area (Å²) in [7, 11) is 1.58. The lowest BCUT2D eigenvalue weighted by atomic mass is 10.0. The van der Waals surface area contributed by atoms with Crippen LogP contribution in [-0.2, 0) is 4.79 Å². The van der Waals surface area contributed by atoms with E-state index in [-0.39, 0.29) is 11.5 Å². The topological polar surface area (TPSA) is 79.8 Å². The molecule has 2 N–H and O–H groups in total. The Kier molecular flexibility index (Phi) is 7.26. The van der Waals surface area contributed by atoms with E-state index >= 15 is 0 Å². The van der Waals surface area contributed by atoms with Gasteiger partial charge in [0, 0.05) is 0 Å². The highest BCUT2D eigenvalue weighted by molar-refractivity contribution is 5.98. The standard InChI is InChI=1S/C21H24FN3O3/c1-13(2)19(24-20(26)16-7-5-6-8-17(16)22)21(27)25-23-12-15-10-9-14(3)18(11-15)28-4/h5-13,19H,1-4H3,(H,24,26)(H,25,27). The molecule has 0 bridgehead atoms. The molecule has 2 amide bonds. The molecule has 0 saturated carbocycles. The van der Waals surface area contributed by atoms with Crippen molar-refractivity contribution in [2.75, 3.05) is 7.11 Å². The Morgan fingerprint density at radius 1 is 1.18 bits per heavy atom. The molecule has 0 heterocycles. The minimum atomic E-state index is -0.864. The van der Waals surface area contributed by atoms with Crippen molar-refractivity contribution in [1.29, 1.82) is 0 Å². The monoisotopic (exact) mass is 385 g/mol. The number of rotatable bonds is 7. The van der Waals surface area contributed by atoms with Gasteiger partial charge in [0.15, 0.2) is 0 Å². The van der Waals surface area contributed by atoms with E-state index in [4.69, 9.17) is 4.74 Å². The second kappa shape index (κ2) is 9.64. The molecule has 148 valence electrons. The van der Waals surface area contributed by atoms with E-state index in [1.165, 1.54) is 24.4 Å². The zero-order chi connectivity index (χ0) is 20.7. The van der Waals surface area contributed by atoms with Crippen molar-refractivity contribution in [3.8, 4) is 5.75 Å². The largest absolute Gasteiger partial charge is 0.496 e. The molecule has 0 saturated heterocycles. The number of benzene rings is 2. The number of amides is 2. The van der Waals surface area contributed by atoms with E-state index in [1.807, 2.05) is 19.1 Å². The summed E-state index contributed by atoms with van der Waals surface area (Å²) in [5, 5.41) is 6.50. The predicted molar refractivity (Wildman–Crippen MR) is 106 cm³/mol. The van der Waals surface area contributed by atoms with Crippen molar-refractivity contribution in [3.63, 3.8) is 0 Å². The molecule has 0 fully saturated rings. The fourth-order valence-corrected chi connectivity index (χ4v) is 2.56. The first-order valence-corrected chi connectivity index (χ1v) is 8.86. The Labute approximate surface area is 163 Å². The van der Waals surface area contributed by atoms with Crippen molar-refractivity contribution in [1.82, 2.24) is 10.7 Å². The van der Waals surface area contributed by atoms with Crippen LogP contribution in [0.15, 0.2) is 47.6 Å². The third-order valence-electron chi connectivity index (χ3n) is 4.17. The van der Waals surface area contributed by atoms with Gasteiger partial charge in [-0.1, -0.05) is 38.1 Å². The summed E-state index contributed by atoms with van der Waals surface area (Å²) in [4.78, 5) is 24.7. The van der Waals surface area contributed by atoms with Gasteiger partial charge in [0.05, 0.1) is 18.9 Å². The zero-order valence-corrected chi connectivity index (χ0v) is 16.3. The van der Waals surface area contributed by atoms with Crippen LogP contribution in [0.25, 0.3) is 0 Å². The minimum Gasteiger partial charge on any atom is -0.496 e. The molecule has 7 heteroatoms. The molecule has 28 heavy (non-hydrogen) atoms. The van der Waals surface area contributed by atoms with Crippen LogP contribution in [0.1, 0.15) is 35.3 Å². The van der Waals surface area contributed by atoms with E-state index in [2.05, 4.69) is 15.8 Å². The highest BCUT2D eigenvalue weighted by atomic mass is 19.1. The molecular weight excluding hydrogens is 361 g/mol. The van der Waals surface area contributed by atoms with Gasteiger partial charge in [0.25, 0.3) is 11.8 Å². The SMILES string of the molecule is COc1cc(C=NNC(=O)C(NC(=O)c2ccccc2F)C(C)C)ccc1C. The van der Waals surface area contributed by atoms with Crippen LogP contribution in [0.3, 0.4) is 0 Å². The average molecular weight is 385 g/mol. The summed E-state index contributed by atoms with van der Waals surface area (Å²) in [5.41, 5.74) is 4.04. The number of carbonyl (C=O) groups is 2. The van der Waals surface area contributed by atoms with E-state index in [9.17, 15) is 14.0 Å². The summed E-state index contributed by atoms with van der Waals surface area (Å²) in [5.74, 6) is -1.29. The number of hydrazone groups is 1. The smallest absolute Gasteiger partial charge is 0.262 e. The summed E-state index contributed by atoms with van der Waals surface area (Å²) in [6, 6.07) is 10.3. The summed E-state index contributed by atoms with van der Waals surface area (Å²) in [6.45, 7) is 5.48. The fraction of sp³-hybridized carbons (Fsp3) is 0.286. The number of carbonyl (C=O) groups excluding carboxylic acids is 2. The molecule has 0 radical (unpaired) electrons. The van der Waals surface area contributed by atoms with E-state index in [0.29, 0.717) is 5.75 Å². The number of hydrogen-bond acceptors (Lipinski definition) is 4. The Morgan fingerprint density at radius 3 is 2.54 bits per heavy atom. The molecule has 2 aromatic carbocycles. The van der Waals surface area contributed by atoms with Crippen molar-refractivity contribution in [2.45, 2.75) is 26.8 Å². The molecule has 1 atom stereocenters. The molecule has 2 aromatic rings. The quantitative estimate of drug-likeness (QED) is 0.568. The summed E-state index contributed by atoms with van der Waals surface area (Å²) >= 11 is 0. The molecule has 1 unspecified atom stereocenters. The van der Waals surface area contributed by atoms with Gasteiger partial charge in [0.1, 0.15) is 17.6 Å². The lowest BCUT2D eigenvalue weighted by molar-refractivity contribution is -0.123. The normalized spacial score (nSPS) is 12.1. The third kappa shape index (κ3) is 5.39. The van der Waals surface area contributed by atoms with Gasteiger partial charge >= 0.3 is 0 Å². The first kappa shape index (κ1) is 21.1. The number of methoxy groups -OCH3 is 1. The molecule has 0 aromatic heterocycles. The van der Waals surface area contributed by atoms with Gasteiger partial charge in [-0.3, -0.25) is 9.59 Å². The Morgan fingerprint density at radius 2 is 1.89 bits per heavy atom. The zero-order valence-electron chi connectivity index (χ0n) is 16.3. The molecule has 0 aliphatic heterocycles. The van der Waals surface area contributed by atoms with E-state index < -0.39 is 23.7 Å². The van der Waals surface area contributed by atoms with Crippen LogP contribution in [0.2, 0.25) is 0 Å². The summed E-state index contributed by atoms with van der Waals surface area (Å²) in [6.07, 6.45) is 1.48. The first-order chi connectivity index (χ1) is 13.3. The number of hydrogen-bond donors (Lipinski definition) is 2. The second-order valence-corrected chi connectivity index (χ2v) is 6.64. The van der Waals surface area contributed by atoms with E-state index in [0.717, 1.165) is 11.1 Å². The maximum Gasteiger partial charge on any atom is 0.262 e. The lowest BCUT2D eigenvalue weighted by Crippen LogP contribution is -2.48. The molecule has 0 aliphatic carbocycles. The fourth-order valence-electron chi connectivity index (χ4n) is 2.56. The molecule has 0 spiro atoms. The van der Waals surface area contributed by atoms with Crippen molar-refractivity contribution >= 4 is 18.0 Å². The molecule has 0 aliphatic rings. The second-order valence-electron chi connectivity index (χ2n) is 6.64. The van der Waals surface area contributed by atoms with E-state index in [1.54, 1.807) is 33.1 Å².